The number of nitrogens with one attached hydrogen (secondary N) is 2. The van der Waals surface area contributed by atoms with E-state index in [0.29, 0.717) is 36.8 Å². The summed E-state index contributed by atoms with van der Waals surface area (Å²) in [5.74, 6) is 1.02. The van der Waals surface area contributed by atoms with E-state index in [9.17, 15) is 4.79 Å². The van der Waals surface area contributed by atoms with Crippen LogP contribution in [-0.2, 0) is 6.61 Å². The first-order valence-electron chi connectivity index (χ1n) is 8.38. The molecule has 27 heavy (non-hydrogen) atoms. The summed E-state index contributed by atoms with van der Waals surface area (Å²) in [5.41, 5.74) is 1.51. The zero-order chi connectivity index (χ0) is 18.1. The maximum atomic E-state index is 12.3. The number of benzene rings is 1. The molecule has 1 atom stereocenters. The minimum atomic E-state index is -0.137. The molecule has 1 aromatic heterocycles. The van der Waals surface area contributed by atoms with Crippen LogP contribution in [0.3, 0.4) is 0 Å². The van der Waals surface area contributed by atoms with Gasteiger partial charge in [0.25, 0.3) is 5.91 Å². The van der Waals surface area contributed by atoms with Crippen molar-refractivity contribution in [1.82, 2.24) is 15.6 Å². The standard InChI is InChI=1S/C19H25N3O3.2ClH/c1-4-24-18-10-16(19(23)22-11-14(2)20-3)7-8-17(18)25-13-15-6-5-9-21-12-15;;/h5-10,12,14,20H,4,11,13H2,1-3H3,(H,22,23);2*1H. The van der Waals surface area contributed by atoms with E-state index >= 15 is 0 Å². The Hall–Kier alpha value is -2.02. The van der Waals surface area contributed by atoms with Gasteiger partial charge in [-0.2, -0.15) is 0 Å². The molecule has 0 aliphatic carbocycles. The van der Waals surface area contributed by atoms with Gasteiger partial charge >= 0.3 is 0 Å². The van der Waals surface area contributed by atoms with Gasteiger partial charge in [-0.15, -0.1) is 24.8 Å². The van der Waals surface area contributed by atoms with Crippen LogP contribution in [0.25, 0.3) is 0 Å². The molecule has 0 saturated heterocycles. The van der Waals surface area contributed by atoms with Gasteiger partial charge in [0.15, 0.2) is 11.5 Å². The normalized spacial score (nSPS) is 10.8. The van der Waals surface area contributed by atoms with Crippen LogP contribution >= 0.6 is 24.8 Å². The Morgan fingerprint density at radius 1 is 1.19 bits per heavy atom. The predicted molar refractivity (Wildman–Crippen MR) is 112 cm³/mol. The maximum absolute atomic E-state index is 12.3. The van der Waals surface area contributed by atoms with E-state index in [1.54, 1.807) is 30.6 Å². The van der Waals surface area contributed by atoms with Gasteiger partial charge in [-0.1, -0.05) is 6.07 Å². The second kappa shape index (κ2) is 13.2. The van der Waals surface area contributed by atoms with Crippen LogP contribution in [0.1, 0.15) is 29.8 Å². The molecule has 0 fully saturated rings. The summed E-state index contributed by atoms with van der Waals surface area (Å²) in [6.07, 6.45) is 3.47. The number of rotatable bonds is 9. The average Bonchev–Trinajstić information content (AvgIpc) is 2.65. The fourth-order valence-electron chi connectivity index (χ4n) is 2.13. The number of likely N-dealkylation sites (N-methyl/N-ethyl adjacent to an activating group) is 1. The highest BCUT2D eigenvalue weighted by atomic mass is 35.5. The van der Waals surface area contributed by atoms with Crippen molar-refractivity contribution < 1.29 is 14.3 Å². The van der Waals surface area contributed by atoms with Gasteiger partial charge in [-0.25, -0.2) is 0 Å². The smallest absolute Gasteiger partial charge is 0.251 e. The Morgan fingerprint density at radius 2 is 1.96 bits per heavy atom. The van der Waals surface area contributed by atoms with Crippen LogP contribution in [0.5, 0.6) is 11.5 Å². The Morgan fingerprint density at radius 3 is 2.59 bits per heavy atom. The number of carbonyl (C=O) groups excluding carboxylic acids is 1. The van der Waals surface area contributed by atoms with Gasteiger partial charge in [0.1, 0.15) is 6.61 Å². The number of hydrogen-bond donors (Lipinski definition) is 2. The molecule has 2 aromatic rings. The number of hydrogen-bond acceptors (Lipinski definition) is 5. The molecular formula is C19H27Cl2N3O3. The highest BCUT2D eigenvalue weighted by Gasteiger charge is 2.12. The number of amides is 1. The molecule has 1 aromatic carbocycles. The maximum Gasteiger partial charge on any atom is 0.251 e. The molecule has 1 amide bonds. The number of ether oxygens (including phenoxy) is 2. The molecule has 0 spiro atoms. The van der Waals surface area contributed by atoms with Crippen molar-refractivity contribution in [1.29, 1.82) is 0 Å². The minimum absolute atomic E-state index is 0. The van der Waals surface area contributed by atoms with Crippen molar-refractivity contribution in [3.63, 3.8) is 0 Å². The van der Waals surface area contributed by atoms with Crippen LogP contribution in [0.2, 0.25) is 0 Å². The van der Waals surface area contributed by atoms with E-state index in [4.69, 9.17) is 9.47 Å². The van der Waals surface area contributed by atoms with Crippen molar-refractivity contribution in [2.24, 2.45) is 0 Å². The summed E-state index contributed by atoms with van der Waals surface area (Å²) in [7, 11) is 1.86. The lowest BCUT2D eigenvalue weighted by molar-refractivity contribution is 0.0950. The molecule has 0 bridgehead atoms. The molecule has 2 rings (SSSR count). The van der Waals surface area contributed by atoms with Gasteiger partial charge in [-0.05, 0) is 45.2 Å². The molecule has 0 radical (unpaired) electrons. The van der Waals surface area contributed by atoms with E-state index < -0.39 is 0 Å². The summed E-state index contributed by atoms with van der Waals surface area (Å²) in [6, 6.07) is 9.22. The molecule has 0 aliphatic heterocycles. The molecular weight excluding hydrogens is 389 g/mol. The van der Waals surface area contributed by atoms with E-state index in [1.165, 1.54) is 0 Å². The lowest BCUT2D eigenvalue weighted by atomic mass is 10.2. The fraction of sp³-hybridized carbons (Fsp3) is 0.368. The summed E-state index contributed by atoms with van der Waals surface area (Å²) >= 11 is 0. The largest absolute Gasteiger partial charge is 0.490 e. The number of nitrogens with zero attached hydrogens (tertiary/aromatic N) is 1. The van der Waals surface area contributed by atoms with Crippen LogP contribution in [0, 0.1) is 0 Å². The van der Waals surface area contributed by atoms with Gasteiger partial charge in [0.05, 0.1) is 6.61 Å². The molecule has 0 saturated carbocycles. The van der Waals surface area contributed by atoms with Crippen LogP contribution in [0.4, 0.5) is 0 Å². The van der Waals surface area contributed by atoms with Crippen LogP contribution in [0.15, 0.2) is 42.7 Å². The molecule has 6 nitrogen and oxygen atoms in total. The summed E-state index contributed by atoms with van der Waals surface area (Å²) < 4.78 is 11.4. The van der Waals surface area contributed by atoms with Gasteiger partial charge in [-0.3, -0.25) is 9.78 Å². The second-order valence-corrected chi connectivity index (χ2v) is 5.64. The number of halogens is 2. The molecule has 1 unspecified atom stereocenters. The average molecular weight is 416 g/mol. The van der Waals surface area contributed by atoms with Crippen LogP contribution < -0.4 is 20.1 Å². The zero-order valence-corrected chi connectivity index (χ0v) is 17.4. The summed E-state index contributed by atoms with van der Waals surface area (Å²) in [4.78, 5) is 16.3. The lowest BCUT2D eigenvalue weighted by Gasteiger charge is -2.14. The first-order chi connectivity index (χ1) is 12.1. The zero-order valence-electron chi connectivity index (χ0n) is 15.7. The van der Waals surface area contributed by atoms with Crippen molar-refractivity contribution in [3.8, 4) is 11.5 Å². The van der Waals surface area contributed by atoms with Gasteiger partial charge in [0, 0.05) is 36.1 Å². The SMILES string of the molecule is CCOc1cc(C(=O)NCC(C)NC)ccc1OCc1cccnc1.Cl.Cl. The van der Waals surface area contributed by atoms with Gasteiger partial charge in [0.2, 0.25) is 0 Å². The highest BCUT2D eigenvalue weighted by molar-refractivity contribution is 5.94. The third-order valence-corrected chi connectivity index (χ3v) is 3.68. The van der Waals surface area contributed by atoms with Crippen molar-refractivity contribution in [3.05, 3.63) is 53.9 Å². The number of carbonyl (C=O) groups is 1. The Balaban J connectivity index is 0.00000338. The highest BCUT2D eigenvalue weighted by Crippen LogP contribution is 2.29. The monoisotopic (exact) mass is 415 g/mol. The predicted octanol–water partition coefficient (Wildman–Crippen LogP) is 3.24. The topological polar surface area (TPSA) is 72.5 Å². The molecule has 2 N–H and O–H groups in total. The van der Waals surface area contributed by atoms with Crippen molar-refractivity contribution >= 4 is 30.7 Å². The molecule has 0 aliphatic rings. The third-order valence-electron chi connectivity index (χ3n) is 3.68. The first kappa shape index (κ1) is 25.0. The van der Waals surface area contributed by atoms with E-state index in [1.807, 2.05) is 33.0 Å². The third kappa shape index (κ3) is 8.03. The Bertz CT molecular complexity index is 687. The van der Waals surface area contributed by atoms with Crippen LogP contribution in [-0.4, -0.2) is 37.1 Å². The fourth-order valence-corrected chi connectivity index (χ4v) is 2.13. The number of aromatic nitrogens is 1. The summed E-state index contributed by atoms with van der Waals surface area (Å²) in [6.45, 7) is 5.33. The lowest BCUT2D eigenvalue weighted by Crippen LogP contribution is -2.37. The number of pyridine rings is 1. The van der Waals surface area contributed by atoms with Crippen molar-refractivity contribution in [2.45, 2.75) is 26.5 Å². The minimum Gasteiger partial charge on any atom is -0.490 e. The van der Waals surface area contributed by atoms with Gasteiger partial charge < -0.3 is 20.1 Å². The Labute approximate surface area is 172 Å². The molecule has 8 heteroatoms. The van der Waals surface area contributed by atoms with Crippen molar-refractivity contribution in [2.75, 3.05) is 20.2 Å². The van der Waals surface area contributed by atoms with E-state index in [-0.39, 0.29) is 36.8 Å². The Kier molecular flexibility index (Phi) is 12.2. The second-order valence-electron chi connectivity index (χ2n) is 5.64. The first-order valence-corrected chi connectivity index (χ1v) is 8.38. The molecule has 150 valence electrons. The molecule has 1 heterocycles. The summed E-state index contributed by atoms with van der Waals surface area (Å²) in [5, 5.41) is 5.97. The quantitative estimate of drug-likeness (QED) is 0.657. The van der Waals surface area contributed by atoms with E-state index in [0.717, 1.165) is 5.56 Å². The van der Waals surface area contributed by atoms with E-state index in [2.05, 4.69) is 15.6 Å².